The van der Waals surface area contributed by atoms with E-state index in [9.17, 15) is 14.4 Å². The Bertz CT molecular complexity index is 948. The van der Waals surface area contributed by atoms with Crippen molar-refractivity contribution in [2.45, 2.75) is 51.4 Å². The van der Waals surface area contributed by atoms with Crippen LogP contribution >= 0.6 is 11.3 Å². The lowest BCUT2D eigenvalue weighted by Crippen LogP contribution is -2.47. The van der Waals surface area contributed by atoms with Crippen molar-refractivity contribution in [2.24, 2.45) is 0 Å². The third kappa shape index (κ3) is 4.27. The summed E-state index contributed by atoms with van der Waals surface area (Å²) in [6, 6.07) is 8.92. The van der Waals surface area contributed by atoms with Crippen molar-refractivity contribution < 1.29 is 23.9 Å². The molecule has 0 spiro atoms. The van der Waals surface area contributed by atoms with Crippen molar-refractivity contribution in [3.8, 4) is 16.2 Å². The van der Waals surface area contributed by atoms with Crippen LogP contribution in [0.3, 0.4) is 0 Å². The summed E-state index contributed by atoms with van der Waals surface area (Å²) in [6.45, 7) is 1.83. The Labute approximate surface area is 172 Å². The fraction of sp³-hybridized carbons (Fsp3) is 0.381. The Morgan fingerprint density at radius 3 is 2.76 bits per heavy atom. The van der Waals surface area contributed by atoms with E-state index in [1.54, 1.807) is 6.07 Å². The van der Waals surface area contributed by atoms with Crippen LogP contribution in [-0.2, 0) is 16.1 Å². The molecule has 1 saturated carbocycles. The van der Waals surface area contributed by atoms with Crippen molar-refractivity contribution in [2.75, 3.05) is 0 Å². The fourth-order valence-corrected chi connectivity index (χ4v) is 4.66. The molecule has 1 atom stereocenters. The number of urea groups is 1. The zero-order valence-electron chi connectivity index (χ0n) is 16.0. The van der Waals surface area contributed by atoms with E-state index < -0.39 is 24.0 Å². The van der Waals surface area contributed by atoms with Gasteiger partial charge in [-0.05, 0) is 38.0 Å². The number of hydrogen-bond acceptors (Lipinski definition) is 6. The van der Waals surface area contributed by atoms with Crippen molar-refractivity contribution in [3.05, 3.63) is 40.8 Å². The van der Waals surface area contributed by atoms with Gasteiger partial charge in [-0.15, -0.1) is 11.3 Å². The molecule has 0 saturated heterocycles. The van der Waals surface area contributed by atoms with Crippen LogP contribution in [0.1, 0.15) is 47.8 Å². The number of benzene rings is 1. The number of para-hydroxylation sites is 1. The molecule has 0 radical (unpaired) electrons. The fourth-order valence-electron chi connectivity index (χ4n) is 3.58. The van der Waals surface area contributed by atoms with Gasteiger partial charge in [0.05, 0.1) is 0 Å². The average molecular weight is 414 g/mol. The molecule has 2 N–H and O–H groups in total. The molecule has 1 aromatic heterocycles. The van der Waals surface area contributed by atoms with Crippen LogP contribution in [0.25, 0.3) is 10.4 Å². The van der Waals surface area contributed by atoms with Gasteiger partial charge in [-0.25, -0.2) is 9.59 Å². The maximum absolute atomic E-state index is 12.5. The monoisotopic (exact) mass is 414 g/mol. The summed E-state index contributed by atoms with van der Waals surface area (Å²) in [5, 5.41) is 5.01. The number of carbonyl (C=O) groups is 3. The van der Waals surface area contributed by atoms with Crippen LogP contribution in [-0.4, -0.2) is 30.1 Å². The zero-order valence-corrected chi connectivity index (χ0v) is 16.8. The standard InChI is InChI=1S/C21H22N2O5S/c1-12(19(24)23-21(26)22-14-6-2-3-7-14)28-20(25)17-10-13-11-27-16-9-5-4-8-15(16)18(13)29-17/h4-5,8-10,12,14H,2-3,6-7,11H2,1H3,(H2,22,23,24,26)/t12-/m1/s1. The third-order valence-corrected chi connectivity index (χ3v) is 6.30. The molecule has 1 fully saturated rings. The maximum atomic E-state index is 12.5. The lowest BCUT2D eigenvalue weighted by Gasteiger charge is -2.16. The van der Waals surface area contributed by atoms with Gasteiger partial charge in [0.25, 0.3) is 5.91 Å². The molecule has 2 heterocycles. The van der Waals surface area contributed by atoms with Crippen LogP contribution in [0.5, 0.6) is 5.75 Å². The van der Waals surface area contributed by atoms with E-state index >= 15 is 0 Å². The predicted octanol–water partition coefficient (Wildman–Crippen LogP) is 3.62. The Balaban J connectivity index is 1.36. The van der Waals surface area contributed by atoms with E-state index in [0.29, 0.717) is 11.5 Å². The molecule has 1 aliphatic heterocycles. The summed E-state index contributed by atoms with van der Waals surface area (Å²) < 4.78 is 11.0. The van der Waals surface area contributed by atoms with E-state index in [2.05, 4.69) is 10.6 Å². The molecule has 1 aliphatic carbocycles. The van der Waals surface area contributed by atoms with Crippen molar-refractivity contribution in [3.63, 3.8) is 0 Å². The van der Waals surface area contributed by atoms with Gasteiger partial charge in [0.2, 0.25) is 0 Å². The Morgan fingerprint density at radius 1 is 1.21 bits per heavy atom. The first-order valence-corrected chi connectivity index (χ1v) is 10.5. The number of esters is 1. The third-order valence-electron chi connectivity index (χ3n) is 5.11. The number of amides is 3. The molecular formula is C21H22N2O5S. The molecule has 29 heavy (non-hydrogen) atoms. The minimum atomic E-state index is -1.08. The highest BCUT2D eigenvalue weighted by atomic mass is 32.1. The van der Waals surface area contributed by atoms with Gasteiger partial charge in [-0.3, -0.25) is 10.1 Å². The lowest BCUT2D eigenvalue weighted by atomic mass is 10.1. The van der Waals surface area contributed by atoms with Gasteiger partial charge in [0.15, 0.2) is 6.10 Å². The summed E-state index contributed by atoms with van der Waals surface area (Å²) in [5.41, 5.74) is 1.85. The minimum Gasteiger partial charge on any atom is -0.488 e. The van der Waals surface area contributed by atoms with Crippen molar-refractivity contribution in [1.82, 2.24) is 10.6 Å². The second-order valence-corrected chi connectivity index (χ2v) is 8.29. The number of thiophene rings is 1. The first-order chi connectivity index (χ1) is 14.0. The minimum absolute atomic E-state index is 0.100. The highest BCUT2D eigenvalue weighted by molar-refractivity contribution is 7.17. The number of rotatable bonds is 4. The average Bonchev–Trinajstić information content (AvgIpc) is 3.37. The van der Waals surface area contributed by atoms with Gasteiger partial charge in [0.1, 0.15) is 17.2 Å². The second kappa shape index (κ2) is 8.24. The Morgan fingerprint density at radius 2 is 1.97 bits per heavy atom. The summed E-state index contributed by atoms with van der Waals surface area (Å²) in [7, 11) is 0. The zero-order chi connectivity index (χ0) is 20.4. The number of fused-ring (bicyclic) bond motifs is 3. The van der Waals surface area contributed by atoms with E-state index in [1.165, 1.54) is 18.3 Å². The number of nitrogens with one attached hydrogen (secondary N) is 2. The second-order valence-electron chi connectivity index (χ2n) is 7.24. The molecule has 1 aromatic carbocycles. The first-order valence-electron chi connectivity index (χ1n) is 9.68. The first kappa shape index (κ1) is 19.4. The maximum Gasteiger partial charge on any atom is 0.349 e. The van der Waals surface area contributed by atoms with Gasteiger partial charge in [0, 0.05) is 22.0 Å². The summed E-state index contributed by atoms with van der Waals surface area (Å²) >= 11 is 1.31. The molecule has 0 bridgehead atoms. The van der Waals surface area contributed by atoms with Gasteiger partial charge < -0.3 is 14.8 Å². The van der Waals surface area contributed by atoms with Crippen LogP contribution in [0.15, 0.2) is 30.3 Å². The number of carbonyl (C=O) groups excluding carboxylic acids is 3. The Kier molecular flexibility index (Phi) is 5.53. The topological polar surface area (TPSA) is 93.7 Å². The highest BCUT2D eigenvalue weighted by Crippen LogP contribution is 2.42. The molecule has 3 amide bonds. The van der Waals surface area contributed by atoms with Crippen LogP contribution in [0.4, 0.5) is 4.79 Å². The molecule has 7 nitrogen and oxygen atoms in total. The molecule has 4 rings (SSSR count). The molecule has 152 valence electrons. The van der Waals surface area contributed by atoms with Gasteiger partial charge in [-0.2, -0.15) is 0 Å². The van der Waals surface area contributed by atoms with Crippen LogP contribution in [0, 0.1) is 0 Å². The van der Waals surface area contributed by atoms with Crippen LogP contribution < -0.4 is 15.4 Å². The molecule has 0 unspecified atom stereocenters. The van der Waals surface area contributed by atoms with Crippen molar-refractivity contribution in [1.29, 1.82) is 0 Å². The summed E-state index contributed by atoms with van der Waals surface area (Å²) in [4.78, 5) is 38.0. The smallest absolute Gasteiger partial charge is 0.349 e. The van der Waals surface area contributed by atoms with E-state index in [4.69, 9.17) is 9.47 Å². The lowest BCUT2D eigenvalue weighted by molar-refractivity contribution is -0.127. The largest absolute Gasteiger partial charge is 0.488 e. The molecular weight excluding hydrogens is 392 g/mol. The quantitative estimate of drug-likeness (QED) is 0.746. The van der Waals surface area contributed by atoms with Gasteiger partial charge in [-0.1, -0.05) is 25.0 Å². The van der Waals surface area contributed by atoms with E-state index in [-0.39, 0.29) is 6.04 Å². The number of hydrogen-bond donors (Lipinski definition) is 2. The van der Waals surface area contributed by atoms with Crippen LogP contribution in [0.2, 0.25) is 0 Å². The summed E-state index contributed by atoms with van der Waals surface area (Å²) in [6.07, 6.45) is 2.91. The SMILES string of the molecule is C[C@@H](OC(=O)c1cc2c(s1)-c1ccccc1OC2)C(=O)NC(=O)NC1CCCC1. The van der Waals surface area contributed by atoms with Gasteiger partial charge >= 0.3 is 12.0 Å². The van der Waals surface area contributed by atoms with E-state index in [0.717, 1.165) is 47.4 Å². The number of ether oxygens (including phenoxy) is 2. The summed E-state index contributed by atoms with van der Waals surface area (Å²) in [5.74, 6) is -0.465. The number of imide groups is 1. The predicted molar refractivity (Wildman–Crippen MR) is 108 cm³/mol. The van der Waals surface area contributed by atoms with E-state index in [1.807, 2.05) is 24.3 Å². The molecule has 2 aromatic rings. The Hall–Kier alpha value is -2.87. The molecule has 8 heteroatoms. The molecule has 2 aliphatic rings. The highest BCUT2D eigenvalue weighted by Gasteiger charge is 2.26. The van der Waals surface area contributed by atoms with Crippen molar-refractivity contribution >= 4 is 29.2 Å². The normalized spacial score (nSPS) is 16.2.